The van der Waals surface area contributed by atoms with Crippen LogP contribution in [0.15, 0.2) is 24.3 Å². The van der Waals surface area contributed by atoms with Gasteiger partial charge in [-0.15, -0.1) is 0 Å². The third-order valence-corrected chi connectivity index (χ3v) is 2.43. The summed E-state index contributed by atoms with van der Waals surface area (Å²) in [5.41, 5.74) is -0.207. The summed E-state index contributed by atoms with van der Waals surface area (Å²) < 4.78 is 10.4. The number of rotatable bonds is 4. The highest BCUT2D eigenvalue weighted by molar-refractivity contribution is 7.51. The van der Waals surface area contributed by atoms with Crippen molar-refractivity contribution in [2.45, 2.75) is 0 Å². The van der Waals surface area contributed by atoms with Crippen LogP contribution in [0.1, 0.15) is 10.4 Å². The summed E-state index contributed by atoms with van der Waals surface area (Å²) in [7, 11) is -4.65. The highest BCUT2D eigenvalue weighted by Gasteiger charge is 2.14. The minimum Gasteiger partial charge on any atom is -0.778 e. The van der Waals surface area contributed by atoms with Crippen molar-refractivity contribution in [3.8, 4) is 0 Å². The Morgan fingerprint density at radius 1 is 1.38 bits per heavy atom. The molecule has 1 aromatic carbocycles. The van der Waals surface area contributed by atoms with E-state index in [1.165, 1.54) is 0 Å². The Balaban J connectivity index is 2.86. The second kappa shape index (κ2) is 4.52. The van der Waals surface area contributed by atoms with Gasteiger partial charge in [0, 0.05) is 17.7 Å². The molecule has 0 aliphatic carbocycles. The van der Waals surface area contributed by atoms with Gasteiger partial charge in [-0.3, -0.25) is 14.9 Å². The molecule has 0 heterocycles. The van der Waals surface area contributed by atoms with E-state index in [0.29, 0.717) is 0 Å². The zero-order chi connectivity index (χ0) is 12.3. The fourth-order valence-electron chi connectivity index (χ4n) is 1.04. The summed E-state index contributed by atoms with van der Waals surface area (Å²) in [4.78, 5) is 39.8. The lowest BCUT2D eigenvalue weighted by Gasteiger charge is -2.13. The van der Waals surface area contributed by atoms with Gasteiger partial charge in [0.1, 0.15) is 7.60 Å². The number of nitrogens with zero attached hydrogens (tertiary/aromatic N) is 1. The van der Waals surface area contributed by atoms with Crippen LogP contribution in [0, 0.1) is 10.1 Å². The van der Waals surface area contributed by atoms with E-state index in [1.54, 1.807) is 0 Å². The van der Waals surface area contributed by atoms with Gasteiger partial charge in [0.05, 0.1) is 11.1 Å². The van der Waals surface area contributed by atoms with Gasteiger partial charge in [0.15, 0.2) is 5.78 Å². The zero-order valence-electron chi connectivity index (χ0n) is 7.90. The standard InChI is InChI=1S/C8H8NO6P/c10-8(5-16(13,14)15)6-1-3-7(4-2-6)9(11)12/h1-4H,5H2,(H2,13,14,15)/p-1. The summed E-state index contributed by atoms with van der Waals surface area (Å²) in [5.74, 6) is -0.810. The van der Waals surface area contributed by atoms with E-state index >= 15 is 0 Å². The van der Waals surface area contributed by atoms with Crippen molar-refractivity contribution in [1.29, 1.82) is 0 Å². The second-order valence-electron chi connectivity index (χ2n) is 3.02. The molecule has 0 aliphatic heterocycles. The molecule has 0 aliphatic rings. The number of hydrogen-bond donors (Lipinski definition) is 1. The molecule has 1 N–H and O–H groups in total. The molecule has 1 rings (SSSR count). The highest BCUT2D eigenvalue weighted by atomic mass is 31.2. The Kier molecular flexibility index (Phi) is 3.54. The fourth-order valence-corrected chi connectivity index (χ4v) is 1.59. The van der Waals surface area contributed by atoms with E-state index < -0.39 is 24.5 Å². The van der Waals surface area contributed by atoms with Gasteiger partial charge in [-0.2, -0.15) is 0 Å². The molecule has 0 amide bonds. The first-order valence-electron chi connectivity index (χ1n) is 4.10. The Hall–Kier alpha value is -1.56. The lowest BCUT2D eigenvalue weighted by Crippen LogP contribution is -2.12. The Labute approximate surface area is 90.0 Å². The van der Waals surface area contributed by atoms with E-state index in [9.17, 15) is 24.4 Å². The van der Waals surface area contributed by atoms with Crippen molar-refractivity contribution >= 4 is 19.1 Å². The predicted molar refractivity (Wildman–Crippen MR) is 52.1 cm³/mol. The topological polar surface area (TPSA) is 121 Å². The van der Waals surface area contributed by atoms with Crippen LogP contribution in [0.25, 0.3) is 0 Å². The van der Waals surface area contributed by atoms with E-state index in [-0.39, 0.29) is 11.3 Å². The highest BCUT2D eigenvalue weighted by Crippen LogP contribution is 2.29. The monoisotopic (exact) mass is 244 g/mol. The Morgan fingerprint density at radius 2 is 1.88 bits per heavy atom. The lowest BCUT2D eigenvalue weighted by atomic mass is 10.1. The molecule has 7 nitrogen and oxygen atoms in total. The van der Waals surface area contributed by atoms with Crippen LogP contribution in [0.4, 0.5) is 5.69 Å². The normalized spacial score (nSPS) is 14.1. The molecule has 0 radical (unpaired) electrons. The van der Waals surface area contributed by atoms with Crippen molar-refractivity contribution in [3.05, 3.63) is 39.9 Å². The van der Waals surface area contributed by atoms with Gasteiger partial charge in [0.25, 0.3) is 5.69 Å². The largest absolute Gasteiger partial charge is 0.778 e. The van der Waals surface area contributed by atoms with E-state index in [4.69, 9.17) is 4.89 Å². The number of nitro groups is 1. The molecule has 16 heavy (non-hydrogen) atoms. The van der Waals surface area contributed by atoms with Crippen molar-refractivity contribution in [3.63, 3.8) is 0 Å². The number of non-ortho nitro benzene ring substituents is 1. The van der Waals surface area contributed by atoms with Gasteiger partial charge >= 0.3 is 0 Å². The average Bonchev–Trinajstić information content (AvgIpc) is 2.15. The van der Waals surface area contributed by atoms with Gasteiger partial charge in [-0.1, -0.05) is 0 Å². The summed E-state index contributed by atoms with van der Waals surface area (Å²) in [6.45, 7) is 0. The van der Waals surface area contributed by atoms with Gasteiger partial charge in [0.2, 0.25) is 0 Å². The van der Waals surface area contributed by atoms with Crippen LogP contribution in [-0.4, -0.2) is 21.8 Å². The number of nitro benzene ring substituents is 1. The lowest BCUT2D eigenvalue weighted by molar-refractivity contribution is -0.384. The van der Waals surface area contributed by atoms with Crippen LogP contribution >= 0.6 is 7.60 Å². The van der Waals surface area contributed by atoms with Crippen LogP contribution in [0.3, 0.4) is 0 Å². The van der Waals surface area contributed by atoms with Crippen molar-refractivity contribution in [2.24, 2.45) is 0 Å². The SMILES string of the molecule is O=C(CP(=O)([O-])O)c1ccc([N+](=O)[O-])cc1. The van der Waals surface area contributed by atoms with Crippen molar-refractivity contribution in [1.82, 2.24) is 0 Å². The molecule has 0 fully saturated rings. The maximum atomic E-state index is 11.2. The number of Topliss-reactive ketones (excluding diaryl/α,β-unsaturated/α-hetero) is 1. The molecule has 1 atom stereocenters. The quantitative estimate of drug-likeness (QED) is 0.352. The van der Waals surface area contributed by atoms with Crippen LogP contribution in [0.5, 0.6) is 0 Å². The zero-order valence-corrected chi connectivity index (χ0v) is 8.79. The first kappa shape index (κ1) is 12.5. The molecule has 8 heteroatoms. The molecule has 0 spiro atoms. The number of benzene rings is 1. The summed E-state index contributed by atoms with van der Waals surface area (Å²) in [6, 6.07) is 4.44. The van der Waals surface area contributed by atoms with Gasteiger partial charge < -0.3 is 14.4 Å². The minimum atomic E-state index is -4.65. The molecule has 0 bridgehead atoms. The number of carbonyl (C=O) groups excluding carboxylic acids is 1. The van der Waals surface area contributed by atoms with Crippen molar-refractivity contribution in [2.75, 3.05) is 6.16 Å². The summed E-state index contributed by atoms with van der Waals surface area (Å²) >= 11 is 0. The van der Waals surface area contributed by atoms with Crippen molar-refractivity contribution < 1.29 is 24.1 Å². The second-order valence-corrected chi connectivity index (χ2v) is 4.61. The molecular weight excluding hydrogens is 237 g/mol. The molecule has 0 saturated carbocycles. The number of hydrogen-bond acceptors (Lipinski definition) is 5. The maximum Gasteiger partial charge on any atom is 0.269 e. The third-order valence-electron chi connectivity index (χ3n) is 1.74. The first-order valence-corrected chi connectivity index (χ1v) is 5.86. The molecule has 1 aromatic rings. The van der Waals surface area contributed by atoms with E-state index in [2.05, 4.69) is 0 Å². The molecule has 0 aromatic heterocycles. The summed E-state index contributed by atoms with van der Waals surface area (Å²) in [6.07, 6.45) is -1.01. The smallest absolute Gasteiger partial charge is 0.269 e. The molecule has 1 unspecified atom stereocenters. The number of carbonyl (C=O) groups is 1. The van der Waals surface area contributed by atoms with E-state index in [0.717, 1.165) is 24.3 Å². The fraction of sp³-hybridized carbons (Fsp3) is 0.125. The van der Waals surface area contributed by atoms with Crippen LogP contribution in [0.2, 0.25) is 0 Å². The first-order chi connectivity index (χ1) is 7.29. The Morgan fingerprint density at radius 3 is 2.25 bits per heavy atom. The molecule has 86 valence electrons. The molecular formula is C8H7NO6P-. The Bertz CT molecular complexity index is 462. The third kappa shape index (κ3) is 3.54. The van der Waals surface area contributed by atoms with Crippen LogP contribution in [-0.2, 0) is 4.57 Å². The van der Waals surface area contributed by atoms with Gasteiger partial charge in [-0.25, -0.2) is 0 Å². The van der Waals surface area contributed by atoms with E-state index in [1.807, 2.05) is 0 Å². The van der Waals surface area contributed by atoms with Gasteiger partial charge in [-0.05, 0) is 12.1 Å². The predicted octanol–water partition coefficient (Wildman–Crippen LogP) is 0.323. The maximum absolute atomic E-state index is 11.2. The summed E-state index contributed by atoms with van der Waals surface area (Å²) in [5, 5.41) is 10.3. The average molecular weight is 244 g/mol. The number of ketones is 1. The van der Waals surface area contributed by atoms with Crippen LogP contribution < -0.4 is 4.89 Å². The molecule has 0 saturated heterocycles. The minimum absolute atomic E-state index is 0.00396.